The molecule has 0 heterocycles. The molecule has 2 nitrogen and oxygen atoms in total. The molecule has 0 aromatic heterocycles. The molecule has 0 aromatic carbocycles. The average Bonchev–Trinajstić information content (AvgIpc) is 2.09. The Bertz CT molecular complexity index is 85.9. The maximum atomic E-state index is 5.82. The van der Waals surface area contributed by atoms with Gasteiger partial charge < -0.3 is 10.5 Å². The topological polar surface area (TPSA) is 35.2 Å². The minimum absolute atomic E-state index is 0.252. The molecule has 0 aliphatic carbocycles. The largest absolute Gasteiger partial charge is 0.380 e. The average molecular weight is 173 g/mol. The zero-order valence-corrected chi connectivity index (χ0v) is 8.51. The fourth-order valence-corrected chi connectivity index (χ4v) is 1.19. The Labute approximate surface area is 76.5 Å². The van der Waals surface area contributed by atoms with Gasteiger partial charge in [-0.3, -0.25) is 0 Å². The lowest BCUT2D eigenvalue weighted by Crippen LogP contribution is -2.25. The fraction of sp³-hybridized carbons (Fsp3) is 1.00. The highest BCUT2D eigenvalue weighted by molar-refractivity contribution is 4.59. The van der Waals surface area contributed by atoms with Gasteiger partial charge >= 0.3 is 0 Å². The Morgan fingerprint density at radius 2 is 1.92 bits per heavy atom. The van der Waals surface area contributed by atoms with Crippen LogP contribution in [0.25, 0.3) is 0 Å². The van der Waals surface area contributed by atoms with E-state index in [-0.39, 0.29) is 6.04 Å². The van der Waals surface area contributed by atoms with Crippen LogP contribution >= 0.6 is 0 Å². The normalized spacial score (nSPS) is 13.2. The standard InChI is InChI=1S/C10H23NO/c1-3-5-6-7-8-10(11)9-12-4-2/h10H,3-9,11H2,1-2H3. The van der Waals surface area contributed by atoms with Crippen molar-refractivity contribution in [1.29, 1.82) is 0 Å². The van der Waals surface area contributed by atoms with E-state index in [9.17, 15) is 0 Å². The molecule has 1 atom stereocenters. The van der Waals surface area contributed by atoms with Gasteiger partial charge in [0.2, 0.25) is 0 Å². The molecule has 0 aromatic rings. The van der Waals surface area contributed by atoms with Gasteiger partial charge in [-0.2, -0.15) is 0 Å². The van der Waals surface area contributed by atoms with Gasteiger partial charge in [0.15, 0.2) is 0 Å². The van der Waals surface area contributed by atoms with Crippen LogP contribution < -0.4 is 5.73 Å². The van der Waals surface area contributed by atoms with Crippen molar-refractivity contribution in [3.05, 3.63) is 0 Å². The number of ether oxygens (including phenoxy) is 1. The molecule has 74 valence electrons. The molecule has 0 saturated heterocycles. The van der Waals surface area contributed by atoms with E-state index in [4.69, 9.17) is 10.5 Å². The van der Waals surface area contributed by atoms with E-state index in [1.165, 1.54) is 25.7 Å². The van der Waals surface area contributed by atoms with E-state index in [2.05, 4.69) is 6.92 Å². The maximum absolute atomic E-state index is 5.82. The Morgan fingerprint density at radius 1 is 1.17 bits per heavy atom. The van der Waals surface area contributed by atoms with Crippen molar-refractivity contribution in [2.75, 3.05) is 13.2 Å². The Hall–Kier alpha value is -0.0800. The highest BCUT2D eigenvalue weighted by atomic mass is 16.5. The van der Waals surface area contributed by atoms with Crippen LogP contribution in [0.4, 0.5) is 0 Å². The molecule has 12 heavy (non-hydrogen) atoms. The predicted molar refractivity (Wildman–Crippen MR) is 53.2 cm³/mol. The van der Waals surface area contributed by atoms with Gasteiger partial charge in [0.05, 0.1) is 6.61 Å². The van der Waals surface area contributed by atoms with E-state index in [0.29, 0.717) is 0 Å². The first-order valence-corrected chi connectivity index (χ1v) is 5.14. The smallest absolute Gasteiger partial charge is 0.0617 e. The molecule has 0 amide bonds. The van der Waals surface area contributed by atoms with Crippen molar-refractivity contribution in [1.82, 2.24) is 0 Å². The number of hydrogen-bond acceptors (Lipinski definition) is 2. The lowest BCUT2D eigenvalue weighted by atomic mass is 10.1. The zero-order valence-electron chi connectivity index (χ0n) is 8.51. The number of unbranched alkanes of at least 4 members (excludes halogenated alkanes) is 3. The van der Waals surface area contributed by atoms with Crippen LogP contribution in [0.15, 0.2) is 0 Å². The third kappa shape index (κ3) is 8.02. The summed E-state index contributed by atoms with van der Waals surface area (Å²) >= 11 is 0. The van der Waals surface area contributed by atoms with Crippen molar-refractivity contribution < 1.29 is 4.74 Å². The van der Waals surface area contributed by atoms with Gasteiger partial charge in [-0.15, -0.1) is 0 Å². The van der Waals surface area contributed by atoms with Gasteiger partial charge in [-0.25, -0.2) is 0 Å². The highest BCUT2D eigenvalue weighted by Gasteiger charge is 2.00. The van der Waals surface area contributed by atoms with E-state index in [1.807, 2.05) is 6.92 Å². The van der Waals surface area contributed by atoms with E-state index in [0.717, 1.165) is 19.6 Å². The Morgan fingerprint density at radius 3 is 2.50 bits per heavy atom. The monoisotopic (exact) mass is 173 g/mol. The zero-order chi connectivity index (χ0) is 9.23. The summed E-state index contributed by atoms with van der Waals surface area (Å²) in [5.41, 5.74) is 5.82. The second-order valence-electron chi connectivity index (χ2n) is 3.27. The van der Waals surface area contributed by atoms with Gasteiger partial charge in [-0.05, 0) is 13.3 Å². The minimum Gasteiger partial charge on any atom is -0.380 e. The molecule has 0 radical (unpaired) electrons. The summed E-state index contributed by atoms with van der Waals surface area (Å²) in [6, 6.07) is 0.252. The molecule has 2 heteroatoms. The van der Waals surface area contributed by atoms with Gasteiger partial charge in [0.25, 0.3) is 0 Å². The Balaban J connectivity index is 3.02. The second-order valence-corrected chi connectivity index (χ2v) is 3.27. The van der Waals surface area contributed by atoms with E-state index >= 15 is 0 Å². The van der Waals surface area contributed by atoms with Crippen molar-refractivity contribution in [2.45, 2.75) is 52.0 Å². The van der Waals surface area contributed by atoms with Crippen LogP contribution in [0.5, 0.6) is 0 Å². The number of hydrogen-bond donors (Lipinski definition) is 1. The van der Waals surface area contributed by atoms with Crippen LogP contribution in [0.2, 0.25) is 0 Å². The van der Waals surface area contributed by atoms with E-state index < -0.39 is 0 Å². The van der Waals surface area contributed by atoms with Crippen LogP contribution in [0.1, 0.15) is 46.0 Å². The highest BCUT2D eigenvalue weighted by Crippen LogP contribution is 2.04. The van der Waals surface area contributed by atoms with E-state index in [1.54, 1.807) is 0 Å². The summed E-state index contributed by atoms with van der Waals surface area (Å²) in [4.78, 5) is 0. The van der Waals surface area contributed by atoms with Crippen LogP contribution in [0, 0.1) is 0 Å². The molecular formula is C10H23NO. The third-order valence-corrected chi connectivity index (χ3v) is 1.96. The summed E-state index contributed by atoms with van der Waals surface area (Å²) in [6.45, 7) is 5.73. The molecule has 0 aliphatic heterocycles. The molecular weight excluding hydrogens is 150 g/mol. The molecule has 0 spiro atoms. The van der Waals surface area contributed by atoms with Crippen molar-refractivity contribution >= 4 is 0 Å². The minimum atomic E-state index is 0.252. The maximum Gasteiger partial charge on any atom is 0.0617 e. The van der Waals surface area contributed by atoms with Crippen LogP contribution in [-0.4, -0.2) is 19.3 Å². The third-order valence-electron chi connectivity index (χ3n) is 1.96. The first-order valence-electron chi connectivity index (χ1n) is 5.14. The molecule has 0 fully saturated rings. The summed E-state index contributed by atoms with van der Waals surface area (Å²) in [7, 11) is 0. The molecule has 0 aliphatic rings. The second kappa shape index (κ2) is 9.01. The summed E-state index contributed by atoms with van der Waals surface area (Å²) in [5, 5.41) is 0. The molecule has 0 rings (SSSR count). The van der Waals surface area contributed by atoms with Crippen molar-refractivity contribution in [3.8, 4) is 0 Å². The fourth-order valence-electron chi connectivity index (χ4n) is 1.19. The molecule has 2 N–H and O–H groups in total. The molecule has 0 bridgehead atoms. The lowest BCUT2D eigenvalue weighted by Gasteiger charge is -2.10. The van der Waals surface area contributed by atoms with Crippen molar-refractivity contribution in [3.63, 3.8) is 0 Å². The summed E-state index contributed by atoms with van der Waals surface area (Å²) < 4.78 is 5.23. The molecule has 0 saturated carbocycles. The van der Waals surface area contributed by atoms with Gasteiger partial charge in [-0.1, -0.05) is 32.6 Å². The van der Waals surface area contributed by atoms with Crippen LogP contribution in [0.3, 0.4) is 0 Å². The van der Waals surface area contributed by atoms with Gasteiger partial charge in [0.1, 0.15) is 0 Å². The lowest BCUT2D eigenvalue weighted by molar-refractivity contribution is 0.130. The quantitative estimate of drug-likeness (QED) is 0.572. The summed E-state index contributed by atoms with van der Waals surface area (Å²) in [6.07, 6.45) is 6.31. The molecule has 1 unspecified atom stereocenters. The first kappa shape index (κ1) is 11.9. The van der Waals surface area contributed by atoms with Gasteiger partial charge in [0, 0.05) is 12.6 Å². The van der Waals surface area contributed by atoms with Crippen LogP contribution in [-0.2, 0) is 4.74 Å². The number of rotatable bonds is 8. The predicted octanol–water partition coefficient (Wildman–Crippen LogP) is 2.32. The Kier molecular flexibility index (Phi) is 8.95. The SMILES string of the molecule is CCCCCCC(N)COCC. The van der Waals surface area contributed by atoms with Crippen molar-refractivity contribution in [2.24, 2.45) is 5.73 Å². The first-order chi connectivity index (χ1) is 5.81. The number of nitrogens with two attached hydrogens (primary N) is 1. The summed E-state index contributed by atoms with van der Waals surface area (Å²) in [5.74, 6) is 0.